The van der Waals surface area contributed by atoms with Gasteiger partial charge in [-0.15, -0.1) is 11.8 Å². The molecule has 1 unspecified atom stereocenters. The molecule has 1 amide bonds. The summed E-state index contributed by atoms with van der Waals surface area (Å²) >= 11 is 1.42. The fourth-order valence-corrected chi connectivity index (χ4v) is 3.03. The number of hydrogen-bond donors (Lipinski definition) is 2. The number of esters is 1. The molecule has 0 spiro atoms. The summed E-state index contributed by atoms with van der Waals surface area (Å²) in [6.07, 6.45) is 1.86. The molecule has 0 radical (unpaired) electrons. The highest BCUT2D eigenvalue weighted by Crippen LogP contribution is 2.32. The molecule has 0 fully saturated rings. The lowest BCUT2D eigenvalue weighted by Gasteiger charge is -2.20. The highest BCUT2D eigenvalue weighted by atomic mass is 32.2. The first-order chi connectivity index (χ1) is 13.5. The van der Waals surface area contributed by atoms with Crippen LogP contribution in [-0.4, -0.2) is 31.3 Å². The molecule has 0 aliphatic heterocycles. The Bertz CT molecular complexity index is 878. The molecule has 0 bridgehead atoms. The first kappa shape index (κ1) is 21.1. The predicted octanol–water partition coefficient (Wildman–Crippen LogP) is 2.86. The Morgan fingerprint density at radius 1 is 1.25 bits per heavy atom. The lowest BCUT2D eigenvalue weighted by atomic mass is 10.1. The van der Waals surface area contributed by atoms with Gasteiger partial charge < -0.3 is 20.5 Å². The molecule has 2 aromatic carbocycles. The van der Waals surface area contributed by atoms with E-state index in [0.717, 1.165) is 4.90 Å². The topological polar surface area (TPSA) is 114 Å². The largest absolute Gasteiger partial charge is 0.483 e. The number of thioether (sulfide) groups is 1. The summed E-state index contributed by atoms with van der Waals surface area (Å²) in [6.45, 7) is 1.77. The quantitative estimate of drug-likeness (QED) is 0.492. The zero-order valence-electron chi connectivity index (χ0n) is 15.6. The summed E-state index contributed by atoms with van der Waals surface area (Å²) in [5, 5.41) is 12.1. The lowest BCUT2D eigenvalue weighted by molar-refractivity contribution is -0.144. The molecule has 0 heterocycles. The third kappa shape index (κ3) is 5.66. The van der Waals surface area contributed by atoms with E-state index in [2.05, 4.69) is 11.4 Å². The number of anilines is 1. The minimum Gasteiger partial charge on any atom is -0.483 e. The number of rotatable bonds is 9. The minimum absolute atomic E-state index is 0.225. The minimum atomic E-state index is -0.746. The Morgan fingerprint density at radius 3 is 2.54 bits per heavy atom. The molecule has 3 N–H and O–H groups in total. The Balaban J connectivity index is 2.32. The molecule has 0 aliphatic rings. The number of nitrogens with zero attached hydrogens (tertiary/aromatic N) is 1. The molecule has 28 heavy (non-hydrogen) atoms. The fourth-order valence-electron chi connectivity index (χ4n) is 2.44. The molecule has 0 saturated carbocycles. The Kier molecular flexibility index (Phi) is 7.72. The number of primary amides is 1. The summed E-state index contributed by atoms with van der Waals surface area (Å²) in [5.74, 6) is -0.483. The standard InChI is InChI=1S/C20H21N3O4S/c1-3-26-20(25)19(23-15-7-4-13(11-21)5-8-15)14-6-9-16(17(10-14)28-2)27-12-18(22)24/h4-10,19,23H,3,12H2,1-2H3,(H2,22,24). The average molecular weight is 399 g/mol. The Morgan fingerprint density at radius 2 is 1.96 bits per heavy atom. The van der Waals surface area contributed by atoms with Crippen LogP contribution >= 0.6 is 11.8 Å². The lowest BCUT2D eigenvalue weighted by Crippen LogP contribution is -2.23. The van der Waals surface area contributed by atoms with Crippen LogP contribution in [0.2, 0.25) is 0 Å². The molecular weight excluding hydrogens is 378 g/mol. The molecule has 2 aromatic rings. The van der Waals surface area contributed by atoms with Gasteiger partial charge in [-0.05, 0) is 55.1 Å². The maximum atomic E-state index is 12.5. The van der Waals surface area contributed by atoms with Crippen LogP contribution in [0.3, 0.4) is 0 Å². The molecular formula is C20H21N3O4S. The average Bonchev–Trinajstić information content (AvgIpc) is 2.71. The smallest absolute Gasteiger partial charge is 0.333 e. The van der Waals surface area contributed by atoms with E-state index in [1.165, 1.54) is 11.8 Å². The van der Waals surface area contributed by atoms with E-state index < -0.39 is 17.9 Å². The normalized spacial score (nSPS) is 11.2. The van der Waals surface area contributed by atoms with Gasteiger partial charge in [0, 0.05) is 10.6 Å². The van der Waals surface area contributed by atoms with Gasteiger partial charge in [0.05, 0.1) is 18.2 Å². The second-order valence-corrected chi connectivity index (χ2v) is 6.53. The number of carbonyl (C=O) groups excluding carboxylic acids is 2. The van der Waals surface area contributed by atoms with Crippen LogP contribution in [0, 0.1) is 11.3 Å². The van der Waals surface area contributed by atoms with Gasteiger partial charge in [-0.1, -0.05) is 6.07 Å². The Labute approximate surface area is 167 Å². The van der Waals surface area contributed by atoms with Crippen molar-refractivity contribution in [3.8, 4) is 11.8 Å². The summed E-state index contributed by atoms with van der Waals surface area (Å²) in [5.41, 5.74) is 7.01. The zero-order valence-corrected chi connectivity index (χ0v) is 16.4. The third-order valence-electron chi connectivity index (χ3n) is 3.74. The highest BCUT2D eigenvalue weighted by molar-refractivity contribution is 7.98. The van der Waals surface area contributed by atoms with Crippen LogP contribution in [0.5, 0.6) is 5.75 Å². The van der Waals surface area contributed by atoms with Crippen molar-refractivity contribution in [2.45, 2.75) is 17.9 Å². The summed E-state index contributed by atoms with van der Waals surface area (Å²) < 4.78 is 10.6. The van der Waals surface area contributed by atoms with Crippen molar-refractivity contribution in [1.29, 1.82) is 5.26 Å². The van der Waals surface area contributed by atoms with Crippen molar-refractivity contribution in [2.24, 2.45) is 5.73 Å². The van der Waals surface area contributed by atoms with Crippen LogP contribution in [0.25, 0.3) is 0 Å². The van der Waals surface area contributed by atoms with Crippen LogP contribution < -0.4 is 15.8 Å². The number of carbonyl (C=O) groups is 2. The molecule has 0 aromatic heterocycles. The van der Waals surface area contributed by atoms with Gasteiger partial charge in [0.2, 0.25) is 0 Å². The number of nitriles is 1. The van der Waals surface area contributed by atoms with E-state index in [0.29, 0.717) is 22.6 Å². The first-order valence-corrected chi connectivity index (χ1v) is 9.73. The van der Waals surface area contributed by atoms with E-state index in [1.54, 1.807) is 49.4 Å². The summed E-state index contributed by atoms with van der Waals surface area (Å²) in [7, 11) is 0. The van der Waals surface area contributed by atoms with Gasteiger partial charge in [0.25, 0.3) is 5.91 Å². The van der Waals surface area contributed by atoms with Crippen molar-refractivity contribution < 1.29 is 19.1 Å². The number of nitrogens with two attached hydrogens (primary N) is 1. The molecule has 7 nitrogen and oxygen atoms in total. The van der Waals surface area contributed by atoms with Crippen molar-refractivity contribution in [2.75, 3.05) is 24.8 Å². The monoisotopic (exact) mass is 399 g/mol. The maximum Gasteiger partial charge on any atom is 0.333 e. The van der Waals surface area contributed by atoms with E-state index in [1.807, 2.05) is 6.26 Å². The summed E-state index contributed by atoms with van der Waals surface area (Å²) in [4.78, 5) is 24.3. The van der Waals surface area contributed by atoms with Crippen molar-refractivity contribution in [3.63, 3.8) is 0 Å². The first-order valence-electron chi connectivity index (χ1n) is 8.50. The third-order valence-corrected chi connectivity index (χ3v) is 4.50. The molecule has 0 aliphatic carbocycles. The number of benzene rings is 2. The van der Waals surface area contributed by atoms with E-state index in [4.69, 9.17) is 20.5 Å². The van der Waals surface area contributed by atoms with Crippen molar-refractivity contribution >= 4 is 29.3 Å². The number of amides is 1. The van der Waals surface area contributed by atoms with Crippen LogP contribution in [0.15, 0.2) is 47.4 Å². The van der Waals surface area contributed by atoms with Crippen LogP contribution in [0.1, 0.15) is 24.1 Å². The molecule has 0 saturated heterocycles. The van der Waals surface area contributed by atoms with Gasteiger partial charge in [0.15, 0.2) is 12.6 Å². The second-order valence-electron chi connectivity index (χ2n) is 5.68. The van der Waals surface area contributed by atoms with Gasteiger partial charge in [0.1, 0.15) is 5.75 Å². The van der Waals surface area contributed by atoms with Gasteiger partial charge in [-0.25, -0.2) is 4.79 Å². The zero-order chi connectivity index (χ0) is 20.5. The number of hydrogen-bond acceptors (Lipinski definition) is 7. The van der Waals surface area contributed by atoms with Gasteiger partial charge >= 0.3 is 5.97 Å². The SMILES string of the molecule is CCOC(=O)C(Nc1ccc(C#N)cc1)c1ccc(OCC(N)=O)c(SC)c1. The highest BCUT2D eigenvalue weighted by Gasteiger charge is 2.23. The molecule has 1 atom stereocenters. The summed E-state index contributed by atoms with van der Waals surface area (Å²) in [6, 6.07) is 13.3. The fraction of sp³-hybridized carbons (Fsp3) is 0.250. The molecule has 2 rings (SSSR count). The van der Waals surface area contributed by atoms with Gasteiger partial charge in [-0.2, -0.15) is 5.26 Å². The van der Waals surface area contributed by atoms with E-state index in [9.17, 15) is 9.59 Å². The number of ether oxygens (including phenoxy) is 2. The van der Waals surface area contributed by atoms with E-state index >= 15 is 0 Å². The van der Waals surface area contributed by atoms with Gasteiger partial charge in [-0.3, -0.25) is 4.79 Å². The Hall–Kier alpha value is -3.18. The predicted molar refractivity (Wildman–Crippen MR) is 107 cm³/mol. The van der Waals surface area contributed by atoms with Crippen molar-refractivity contribution in [1.82, 2.24) is 0 Å². The number of nitrogens with one attached hydrogen (secondary N) is 1. The van der Waals surface area contributed by atoms with Crippen LogP contribution in [0.4, 0.5) is 5.69 Å². The molecule has 8 heteroatoms. The van der Waals surface area contributed by atoms with E-state index in [-0.39, 0.29) is 13.2 Å². The maximum absolute atomic E-state index is 12.5. The van der Waals surface area contributed by atoms with Crippen molar-refractivity contribution in [3.05, 3.63) is 53.6 Å². The second kappa shape index (κ2) is 10.2. The van der Waals surface area contributed by atoms with Crippen LogP contribution in [-0.2, 0) is 14.3 Å². The molecule has 146 valence electrons.